The monoisotopic (exact) mass is 542 g/mol. The van der Waals surface area contributed by atoms with E-state index in [0.717, 1.165) is 11.3 Å². The van der Waals surface area contributed by atoms with Crippen molar-refractivity contribution in [2.45, 2.75) is 25.9 Å². The third-order valence-electron chi connectivity index (χ3n) is 5.24. The van der Waals surface area contributed by atoms with Gasteiger partial charge >= 0.3 is 0 Å². The third kappa shape index (κ3) is 7.28. The molecule has 2 aromatic carbocycles. The summed E-state index contributed by atoms with van der Waals surface area (Å²) < 4.78 is 44.4. The van der Waals surface area contributed by atoms with Crippen LogP contribution in [0.4, 0.5) is 5.13 Å². The van der Waals surface area contributed by atoms with Gasteiger partial charge in [-0.1, -0.05) is 19.1 Å². The minimum absolute atomic E-state index is 0.0254. The number of carbonyl (C=O) groups excluding carboxylic acids is 1. The zero-order chi connectivity index (χ0) is 27.0. The molecule has 12 heteroatoms. The smallest absolute Gasteiger partial charge is 0.268 e. The maximum absolute atomic E-state index is 12.5. The standard InChI is InChI=1S/C25H26N4O6S2/c1-5-37(31,32)25-28-24(36-29-25)27-23(30)19(15-26)13-18-7-9-21(22(14-18)33-4)35-11-10-34-20-8-6-16(2)17(3)12-20/h6-9,12-14H,5,10-11H2,1-4H3,(H,27,28,29,30)/b19-13-. The number of benzene rings is 2. The Morgan fingerprint density at radius 1 is 1.11 bits per heavy atom. The molecule has 0 aliphatic rings. The molecular formula is C25H26N4O6S2. The summed E-state index contributed by atoms with van der Waals surface area (Å²) in [4.78, 5) is 16.4. The fourth-order valence-corrected chi connectivity index (χ4v) is 4.59. The molecule has 0 aliphatic carbocycles. The number of aromatic nitrogens is 2. The highest BCUT2D eigenvalue weighted by Crippen LogP contribution is 2.29. The van der Waals surface area contributed by atoms with Crippen LogP contribution in [0.1, 0.15) is 23.6 Å². The van der Waals surface area contributed by atoms with Crippen molar-refractivity contribution in [2.24, 2.45) is 0 Å². The van der Waals surface area contributed by atoms with Crippen molar-refractivity contribution in [2.75, 3.05) is 31.4 Å². The van der Waals surface area contributed by atoms with Crippen molar-refractivity contribution >= 4 is 38.5 Å². The largest absolute Gasteiger partial charge is 0.493 e. The molecule has 0 spiro atoms. The Labute approximate surface area is 219 Å². The molecule has 1 heterocycles. The van der Waals surface area contributed by atoms with Gasteiger partial charge in [0.15, 0.2) is 11.5 Å². The van der Waals surface area contributed by atoms with E-state index in [2.05, 4.69) is 14.7 Å². The average molecular weight is 543 g/mol. The molecule has 1 N–H and O–H groups in total. The first kappa shape index (κ1) is 27.6. The highest BCUT2D eigenvalue weighted by Gasteiger charge is 2.20. The van der Waals surface area contributed by atoms with Crippen molar-refractivity contribution in [3.63, 3.8) is 0 Å². The van der Waals surface area contributed by atoms with Crippen LogP contribution in [0.15, 0.2) is 47.1 Å². The van der Waals surface area contributed by atoms with E-state index in [9.17, 15) is 18.5 Å². The zero-order valence-corrected chi connectivity index (χ0v) is 22.4. The Morgan fingerprint density at radius 2 is 1.86 bits per heavy atom. The highest BCUT2D eigenvalue weighted by molar-refractivity contribution is 7.91. The van der Waals surface area contributed by atoms with Gasteiger partial charge in [0.2, 0.25) is 15.0 Å². The van der Waals surface area contributed by atoms with Crippen LogP contribution in [0.2, 0.25) is 0 Å². The van der Waals surface area contributed by atoms with Gasteiger partial charge in [-0.15, -0.1) is 0 Å². The number of rotatable bonds is 11. The topological polar surface area (TPSA) is 140 Å². The molecule has 1 amide bonds. The lowest BCUT2D eigenvalue weighted by Gasteiger charge is -2.13. The lowest BCUT2D eigenvalue weighted by Crippen LogP contribution is -2.14. The number of nitriles is 1. The second-order valence-electron chi connectivity index (χ2n) is 7.76. The van der Waals surface area contributed by atoms with Gasteiger partial charge in [-0.05, 0) is 60.9 Å². The van der Waals surface area contributed by atoms with Gasteiger partial charge < -0.3 is 14.2 Å². The van der Waals surface area contributed by atoms with Crippen molar-refractivity contribution in [1.29, 1.82) is 5.26 Å². The van der Waals surface area contributed by atoms with E-state index in [-0.39, 0.29) is 28.2 Å². The number of amides is 1. The highest BCUT2D eigenvalue weighted by atomic mass is 32.2. The molecule has 3 aromatic rings. The number of methoxy groups -OCH3 is 1. The molecule has 0 saturated heterocycles. The normalized spacial score (nSPS) is 11.5. The zero-order valence-electron chi connectivity index (χ0n) is 20.8. The first-order valence-corrected chi connectivity index (χ1v) is 13.6. The number of hydrogen-bond donors (Lipinski definition) is 1. The van der Waals surface area contributed by atoms with Crippen LogP contribution in [-0.4, -0.2) is 49.8 Å². The van der Waals surface area contributed by atoms with Crippen LogP contribution >= 0.6 is 11.5 Å². The minimum Gasteiger partial charge on any atom is -0.493 e. The molecule has 0 bridgehead atoms. The number of aryl methyl sites for hydroxylation is 2. The Kier molecular flexibility index (Phi) is 9.21. The van der Waals surface area contributed by atoms with Crippen LogP contribution in [0, 0.1) is 25.2 Å². The van der Waals surface area contributed by atoms with E-state index >= 15 is 0 Å². The molecule has 0 radical (unpaired) electrons. The molecule has 3 rings (SSSR count). The fraction of sp³-hybridized carbons (Fsp3) is 0.280. The summed E-state index contributed by atoms with van der Waals surface area (Å²) in [5.41, 5.74) is 2.64. The average Bonchev–Trinajstić information content (AvgIpc) is 3.37. The second-order valence-corrected chi connectivity index (χ2v) is 10.7. The van der Waals surface area contributed by atoms with Gasteiger partial charge in [-0.25, -0.2) is 8.42 Å². The lowest BCUT2D eigenvalue weighted by molar-refractivity contribution is -0.112. The molecule has 0 aliphatic heterocycles. The van der Waals surface area contributed by atoms with Crippen molar-refractivity contribution in [3.05, 3.63) is 58.7 Å². The summed E-state index contributed by atoms with van der Waals surface area (Å²) in [6.07, 6.45) is 1.37. The van der Waals surface area contributed by atoms with Gasteiger partial charge in [-0.3, -0.25) is 10.1 Å². The van der Waals surface area contributed by atoms with Gasteiger partial charge in [0.05, 0.1) is 12.9 Å². The van der Waals surface area contributed by atoms with Crippen LogP contribution in [0.5, 0.6) is 17.2 Å². The van der Waals surface area contributed by atoms with Crippen LogP contribution < -0.4 is 19.5 Å². The van der Waals surface area contributed by atoms with Gasteiger partial charge in [0, 0.05) is 11.5 Å². The Morgan fingerprint density at radius 3 is 2.54 bits per heavy atom. The number of nitrogens with one attached hydrogen (secondary N) is 1. The van der Waals surface area contributed by atoms with Gasteiger partial charge in [-0.2, -0.15) is 14.6 Å². The van der Waals surface area contributed by atoms with Gasteiger partial charge in [0.25, 0.3) is 11.1 Å². The molecule has 10 nitrogen and oxygen atoms in total. The van der Waals surface area contributed by atoms with E-state index < -0.39 is 15.7 Å². The predicted octanol–water partition coefficient (Wildman–Crippen LogP) is 3.96. The molecule has 0 fully saturated rings. The summed E-state index contributed by atoms with van der Waals surface area (Å²) in [6.45, 7) is 6.14. The molecule has 0 atom stereocenters. The Bertz CT molecular complexity index is 1460. The van der Waals surface area contributed by atoms with E-state index in [1.807, 2.05) is 38.1 Å². The van der Waals surface area contributed by atoms with E-state index in [4.69, 9.17) is 14.2 Å². The van der Waals surface area contributed by atoms with E-state index in [1.54, 1.807) is 18.2 Å². The van der Waals surface area contributed by atoms with Crippen molar-refractivity contribution < 1.29 is 27.4 Å². The van der Waals surface area contributed by atoms with Crippen LogP contribution in [0.3, 0.4) is 0 Å². The Hall–Kier alpha value is -3.95. The second kappa shape index (κ2) is 12.3. The number of ether oxygens (including phenoxy) is 3. The fourth-order valence-electron chi connectivity index (χ4n) is 3.00. The summed E-state index contributed by atoms with van der Waals surface area (Å²) in [7, 11) is -2.12. The summed E-state index contributed by atoms with van der Waals surface area (Å²) in [5, 5.41) is 11.5. The Balaban J connectivity index is 1.64. The van der Waals surface area contributed by atoms with Gasteiger partial charge in [0.1, 0.15) is 30.6 Å². The lowest BCUT2D eigenvalue weighted by atomic mass is 10.1. The molecule has 37 heavy (non-hydrogen) atoms. The summed E-state index contributed by atoms with van der Waals surface area (Å²) >= 11 is 0.716. The predicted molar refractivity (Wildman–Crippen MR) is 140 cm³/mol. The maximum Gasteiger partial charge on any atom is 0.268 e. The van der Waals surface area contributed by atoms with E-state index in [1.165, 1.54) is 25.7 Å². The summed E-state index contributed by atoms with van der Waals surface area (Å²) in [6, 6.07) is 12.7. The molecule has 1 aromatic heterocycles. The molecule has 194 valence electrons. The number of anilines is 1. The van der Waals surface area contributed by atoms with Crippen molar-refractivity contribution in [1.82, 2.24) is 9.36 Å². The first-order chi connectivity index (χ1) is 17.7. The van der Waals surface area contributed by atoms with E-state index in [0.29, 0.717) is 35.2 Å². The molecular weight excluding hydrogens is 516 g/mol. The first-order valence-electron chi connectivity index (χ1n) is 11.2. The summed E-state index contributed by atoms with van der Waals surface area (Å²) in [5.74, 6) is 0.739. The molecule has 0 unspecified atom stereocenters. The SMILES string of the molecule is CCS(=O)(=O)c1nsc(NC(=O)/C(C#N)=C\c2ccc(OCCOc3ccc(C)c(C)c3)c(OC)c2)n1. The maximum atomic E-state index is 12.5. The minimum atomic E-state index is -3.60. The number of sulfone groups is 1. The quantitative estimate of drug-likeness (QED) is 0.216. The third-order valence-corrected chi connectivity index (χ3v) is 7.48. The van der Waals surface area contributed by atoms with Crippen molar-refractivity contribution in [3.8, 4) is 23.3 Å². The number of hydrogen-bond acceptors (Lipinski definition) is 10. The molecule has 0 saturated carbocycles. The van der Waals surface area contributed by atoms with Crippen LogP contribution in [-0.2, 0) is 14.6 Å². The number of carbonyl (C=O) groups is 1. The van der Waals surface area contributed by atoms with Crippen LogP contribution in [0.25, 0.3) is 6.08 Å². The number of nitrogens with zero attached hydrogens (tertiary/aromatic N) is 3.